The van der Waals surface area contributed by atoms with Gasteiger partial charge in [0.25, 0.3) is 0 Å². The maximum Gasteiger partial charge on any atom is 0.123 e. The largest absolute Gasteiger partial charge is 0.488 e. The maximum absolute atomic E-state index is 5.97. The fourth-order valence-electron chi connectivity index (χ4n) is 3.21. The summed E-state index contributed by atoms with van der Waals surface area (Å²) in [6, 6.07) is 6.25. The van der Waals surface area contributed by atoms with E-state index in [1.54, 1.807) is 0 Å². The van der Waals surface area contributed by atoms with Crippen LogP contribution in [0.4, 0.5) is 0 Å². The van der Waals surface area contributed by atoms with Crippen LogP contribution in [-0.4, -0.2) is 31.9 Å². The molecule has 1 aromatic rings. The number of hydrogen-bond donors (Lipinski definition) is 1. The Balaban J connectivity index is 1.45. The fraction of sp³-hybridized carbons (Fsp3) is 0.625. The van der Waals surface area contributed by atoms with E-state index in [1.165, 1.54) is 12.0 Å². The number of ether oxygens (including phenoxy) is 2. The summed E-state index contributed by atoms with van der Waals surface area (Å²) in [6.07, 6.45) is 4.01. The van der Waals surface area contributed by atoms with Crippen LogP contribution >= 0.6 is 15.9 Å². The van der Waals surface area contributed by atoms with Gasteiger partial charge < -0.3 is 14.8 Å². The van der Waals surface area contributed by atoms with Crippen LogP contribution < -0.4 is 10.1 Å². The predicted molar refractivity (Wildman–Crippen MR) is 83.3 cm³/mol. The van der Waals surface area contributed by atoms with E-state index in [9.17, 15) is 0 Å². The molecule has 0 bridgehead atoms. The zero-order valence-corrected chi connectivity index (χ0v) is 13.5. The molecule has 0 saturated carbocycles. The molecule has 110 valence electrons. The maximum atomic E-state index is 5.97. The molecule has 3 atom stereocenters. The van der Waals surface area contributed by atoms with Crippen molar-refractivity contribution in [3.63, 3.8) is 0 Å². The van der Waals surface area contributed by atoms with E-state index < -0.39 is 0 Å². The van der Waals surface area contributed by atoms with E-state index in [1.807, 2.05) is 6.07 Å². The summed E-state index contributed by atoms with van der Waals surface area (Å²) < 4.78 is 12.8. The predicted octanol–water partition coefficient (Wildman–Crippen LogP) is 3.16. The summed E-state index contributed by atoms with van der Waals surface area (Å²) in [6.45, 7) is 5.08. The third-order valence-electron chi connectivity index (χ3n) is 4.29. The summed E-state index contributed by atoms with van der Waals surface area (Å²) in [5.41, 5.74) is 1.31. The van der Waals surface area contributed by atoms with Gasteiger partial charge in [-0.25, -0.2) is 0 Å². The first kappa shape index (κ1) is 14.4. The topological polar surface area (TPSA) is 30.5 Å². The highest BCUT2D eigenvalue weighted by atomic mass is 79.9. The Labute approximate surface area is 129 Å². The van der Waals surface area contributed by atoms with Gasteiger partial charge in [0.05, 0.1) is 6.10 Å². The van der Waals surface area contributed by atoms with Crippen LogP contribution in [0.1, 0.15) is 25.3 Å². The summed E-state index contributed by atoms with van der Waals surface area (Å²) in [5.74, 6) is 1.70. The molecule has 1 saturated heterocycles. The first-order valence-electron chi connectivity index (χ1n) is 7.53. The van der Waals surface area contributed by atoms with E-state index in [-0.39, 0.29) is 6.10 Å². The molecule has 0 aromatic heterocycles. The minimum atomic E-state index is 0.265. The van der Waals surface area contributed by atoms with Gasteiger partial charge in [0.2, 0.25) is 0 Å². The molecule has 1 aromatic carbocycles. The van der Waals surface area contributed by atoms with Crippen molar-refractivity contribution in [3.05, 3.63) is 28.2 Å². The van der Waals surface area contributed by atoms with E-state index in [0.29, 0.717) is 12.0 Å². The molecule has 0 amide bonds. The van der Waals surface area contributed by atoms with E-state index in [4.69, 9.17) is 9.47 Å². The second kappa shape index (κ2) is 6.46. The molecule has 0 radical (unpaired) electrons. The third-order valence-corrected chi connectivity index (χ3v) is 4.78. The highest BCUT2D eigenvalue weighted by Gasteiger charge is 2.27. The van der Waals surface area contributed by atoms with Crippen molar-refractivity contribution in [2.75, 3.05) is 19.7 Å². The van der Waals surface area contributed by atoms with Crippen molar-refractivity contribution in [3.8, 4) is 5.75 Å². The molecule has 3 unspecified atom stereocenters. The smallest absolute Gasteiger partial charge is 0.123 e. The highest BCUT2D eigenvalue weighted by Crippen LogP contribution is 2.31. The number of benzene rings is 1. The van der Waals surface area contributed by atoms with Gasteiger partial charge in [0.1, 0.15) is 11.9 Å². The van der Waals surface area contributed by atoms with Crippen LogP contribution in [0.2, 0.25) is 0 Å². The van der Waals surface area contributed by atoms with Crippen molar-refractivity contribution in [2.45, 2.75) is 38.4 Å². The summed E-state index contributed by atoms with van der Waals surface area (Å²) in [5, 5.41) is 3.57. The third kappa shape index (κ3) is 3.18. The SMILES string of the molecule is CCC1OCCC1CNCC1Cc2cc(Br)ccc2O1. The zero-order chi connectivity index (χ0) is 13.9. The van der Waals surface area contributed by atoms with Crippen LogP contribution in [0.25, 0.3) is 0 Å². The molecule has 1 N–H and O–H groups in total. The number of rotatable bonds is 5. The van der Waals surface area contributed by atoms with Gasteiger partial charge >= 0.3 is 0 Å². The minimum Gasteiger partial charge on any atom is -0.488 e. The Hall–Kier alpha value is -0.580. The zero-order valence-electron chi connectivity index (χ0n) is 11.9. The molecule has 2 aliphatic rings. The molecule has 2 aliphatic heterocycles. The minimum absolute atomic E-state index is 0.265. The average Bonchev–Trinajstić information content (AvgIpc) is 3.04. The van der Waals surface area contributed by atoms with Gasteiger partial charge in [-0.2, -0.15) is 0 Å². The lowest BCUT2D eigenvalue weighted by Crippen LogP contribution is -2.35. The molecule has 4 heteroatoms. The lowest BCUT2D eigenvalue weighted by Gasteiger charge is -2.18. The van der Waals surface area contributed by atoms with Crippen LogP contribution in [-0.2, 0) is 11.2 Å². The highest BCUT2D eigenvalue weighted by molar-refractivity contribution is 9.10. The van der Waals surface area contributed by atoms with Gasteiger partial charge in [0.15, 0.2) is 0 Å². The molecular weight excluding hydrogens is 318 g/mol. The van der Waals surface area contributed by atoms with E-state index in [2.05, 4.69) is 40.3 Å². The van der Waals surface area contributed by atoms with E-state index in [0.717, 1.165) is 42.8 Å². The van der Waals surface area contributed by atoms with Crippen LogP contribution in [0.5, 0.6) is 5.75 Å². The van der Waals surface area contributed by atoms with Gasteiger partial charge in [-0.05, 0) is 42.5 Å². The van der Waals surface area contributed by atoms with Gasteiger partial charge in [-0.1, -0.05) is 22.9 Å². The summed E-state index contributed by atoms with van der Waals surface area (Å²) >= 11 is 3.51. The number of halogens is 1. The second-order valence-electron chi connectivity index (χ2n) is 5.72. The van der Waals surface area contributed by atoms with Crippen molar-refractivity contribution in [1.82, 2.24) is 5.32 Å². The Bertz CT molecular complexity index is 466. The molecule has 2 heterocycles. The van der Waals surface area contributed by atoms with E-state index >= 15 is 0 Å². The lowest BCUT2D eigenvalue weighted by molar-refractivity contribution is 0.0865. The van der Waals surface area contributed by atoms with Gasteiger partial charge in [-0.3, -0.25) is 0 Å². The first-order chi connectivity index (χ1) is 9.76. The first-order valence-corrected chi connectivity index (χ1v) is 8.33. The molecule has 3 rings (SSSR count). The Morgan fingerprint density at radius 2 is 2.25 bits per heavy atom. The van der Waals surface area contributed by atoms with Gasteiger partial charge in [0, 0.05) is 30.6 Å². The molecule has 0 spiro atoms. The van der Waals surface area contributed by atoms with Crippen molar-refractivity contribution in [2.24, 2.45) is 5.92 Å². The monoisotopic (exact) mass is 339 g/mol. The normalized spacial score (nSPS) is 28.4. The van der Waals surface area contributed by atoms with Crippen LogP contribution in [0.15, 0.2) is 22.7 Å². The fourth-order valence-corrected chi connectivity index (χ4v) is 3.62. The molecule has 3 nitrogen and oxygen atoms in total. The van der Waals surface area contributed by atoms with Crippen LogP contribution in [0.3, 0.4) is 0 Å². The van der Waals surface area contributed by atoms with Crippen molar-refractivity contribution >= 4 is 15.9 Å². The Morgan fingerprint density at radius 1 is 1.35 bits per heavy atom. The molecule has 0 aliphatic carbocycles. The quantitative estimate of drug-likeness (QED) is 0.893. The van der Waals surface area contributed by atoms with Crippen LogP contribution in [0, 0.1) is 5.92 Å². The number of nitrogens with one attached hydrogen (secondary N) is 1. The molecule has 20 heavy (non-hydrogen) atoms. The lowest BCUT2D eigenvalue weighted by atomic mass is 9.99. The Morgan fingerprint density at radius 3 is 3.10 bits per heavy atom. The summed E-state index contributed by atoms with van der Waals surface area (Å²) in [7, 11) is 0. The average molecular weight is 340 g/mol. The second-order valence-corrected chi connectivity index (χ2v) is 6.64. The number of hydrogen-bond acceptors (Lipinski definition) is 3. The van der Waals surface area contributed by atoms with Crippen molar-refractivity contribution < 1.29 is 9.47 Å². The Kier molecular flexibility index (Phi) is 4.64. The summed E-state index contributed by atoms with van der Waals surface area (Å²) in [4.78, 5) is 0. The standard InChI is InChI=1S/C16H22BrNO2/c1-2-15-11(5-6-19-15)9-18-10-14-8-12-7-13(17)3-4-16(12)20-14/h3-4,7,11,14-15,18H,2,5-6,8-10H2,1H3. The van der Waals surface area contributed by atoms with Gasteiger partial charge in [-0.15, -0.1) is 0 Å². The van der Waals surface area contributed by atoms with Crippen molar-refractivity contribution in [1.29, 1.82) is 0 Å². The number of fused-ring (bicyclic) bond motifs is 1. The molecule has 1 fully saturated rings. The molecular formula is C16H22BrNO2.